The highest BCUT2D eigenvalue weighted by atomic mass is 16.5. The minimum Gasteiger partial charge on any atom is -0.489 e. The molecule has 1 unspecified atom stereocenters. The van der Waals surface area contributed by atoms with Gasteiger partial charge in [0.25, 0.3) is 0 Å². The number of hydrogen-bond donors (Lipinski definition) is 1. The van der Waals surface area contributed by atoms with Gasteiger partial charge in [0.1, 0.15) is 24.8 Å². The molecule has 230 valence electrons. The van der Waals surface area contributed by atoms with Crippen LogP contribution < -0.4 is 19.3 Å². The summed E-state index contributed by atoms with van der Waals surface area (Å²) >= 11 is 0. The number of aliphatic hydroxyl groups excluding tert-OH is 1. The molecule has 4 aromatic rings. The second-order valence-corrected chi connectivity index (χ2v) is 12.5. The van der Waals surface area contributed by atoms with Gasteiger partial charge in [-0.1, -0.05) is 54.6 Å². The standard InChI is InChI=1S/C36H43N5O3/c1-39-17-7-12-28(39)25-44-36-37-33-23-41(20-16-32(33)35(38-36)40-18-8-13-29(42)15-19-40)34-22-30(21-27-11-5-6-14-31(27)34)43-24-26-9-3-2-4-10-26/h2-6,9-11,14,21-22,28-29,42H,7-8,12-13,15-20,23-25H2,1H3/t28-,29?/m0/s1. The van der Waals surface area contributed by atoms with Crippen LogP contribution in [-0.4, -0.2) is 72.0 Å². The van der Waals surface area contributed by atoms with E-state index in [-0.39, 0.29) is 6.10 Å². The van der Waals surface area contributed by atoms with E-state index in [0.29, 0.717) is 31.8 Å². The summed E-state index contributed by atoms with van der Waals surface area (Å²) in [6.07, 6.45) is 5.50. The summed E-state index contributed by atoms with van der Waals surface area (Å²) in [6, 6.07) is 24.0. The number of fused-ring (bicyclic) bond motifs is 2. The van der Waals surface area contributed by atoms with Crippen molar-refractivity contribution in [1.29, 1.82) is 0 Å². The number of hydrogen-bond acceptors (Lipinski definition) is 8. The Labute approximate surface area is 260 Å². The molecule has 2 atom stereocenters. The van der Waals surface area contributed by atoms with Gasteiger partial charge in [0.2, 0.25) is 0 Å². The van der Waals surface area contributed by atoms with Crippen LogP contribution in [0.2, 0.25) is 0 Å². The third-order valence-corrected chi connectivity index (χ3v) is 9.50. The number of rotatable bonds is 8. The summed E-state index contributed by atoms with van der Waals surface area (Å²) < 4.78 is 12.7. The van der Waals surface area contributed by atoms with Gasteiger partial charge in [-0.15, -0.1) is 0 Å². The molecule has 44 heavy (non-hydrogen) atoms. The zero-order valence-corrected chi connectivity index (χ0v) is 25.7. The lowest BCUT2D eigenvalue weighted by Crippen LogP contribution is -2.35. The first-order valence-corrected chi connectivity index (χ1v) is 16.2. The van der Waals surface area contributed by atoms with Crippen molar-refractivity contribution in [2.24, 2.45) is 0 Å². The minimum absolute atomic E-state index is 0.244. The van der Waals surface area contributed by atoms with Gasteiger partial charge < -0.3 is 29.3 Å². The quantitative estimate of drug-likeness (QED) is 0.283. The monoisotopic (exact) mass is 593 g/mol. The molecule has 7 rings (SSSR count). The van der Waals surface area contributed by atoms with Crippen molar-refractivity contribution in [2.45, 2.75) is 63.8 Å². The van der Waals surface area contributed by atoms with E-state index in [1.165, 1.54) is 17.4 Å². The van der Waals surface area contributed by atoms with Crippen LogP contribution in [0.5, 0.6) is 11.8 Å². The molecule has 0 spiro atoms. The summed E-state index contributed by atoms with van der Waals surface area (Å²) in [5, 5.41) is 12.7. The van der Waals surface area contributed by atoms with E-state index >= 15 is 0 Å². The summed E-state index contributed by atoms with van der Waals surface area (Å²) in [4.78, 5) is 17.2. The highest BCUT2D eigenvalue weighted by Crippen LogP contribution is 2.37. The van der Waals surface area contributed by atoms with E-state index in [2.05, 4.69) is 70.3 Å². The maximum absolute atomic E-state index is 10.3. The van der Waals surface area contributed by atoms with Gasteiger partial charge in [0.15, 0.2) is 0 Å². The number of nitrogens with zero attached hydrogens (tertiary/aromatic N) is 5. The van der Waals surface area contributed by atoms with Gasteiger partial charge in [-0.2, -0.15) is 9.97 Å². The molecule has 3 aliphatic rings. The third-order valence-electron chi connectivity index (χ3n) is 9.50. The van der Waals surface area contributed by atoms with Crippen molar-refractivity contribution in [2.75, 3.05) is 49.6 Å². The molecule has 3 aromatic carbocycles. The second kappa shape index (κ2) is 13.0. The Morgan fingerprint density at radius 1 is 0.841 bits per heavy atom. The normalized spacial score (nSPS) is 20.9. The van der Waals surface area contributed by atoms with Crippen molar-refractivity contribution in [1.82, 2.24) is 14.9 Å². The number of aliphatic hydroxyl groups is 1. The molecular formula is C36H43N5O3. The Bertz CT molecular complexity index is 1580. The number of ether oxygens (including phenoxy) is 2. The maximum Gasteiger partial charge on any atom is 0.318 e. The first-order valence-electron chi connectivity index (χ1n) is 16.2. The lowest BCUT2D eigenvalue weighted by Gasteiger charge is -2.34. The lowest BCUT2D eigenvalue weighted by atomic mass is 10.0. The van der Waals surface area contributed by atoms with Crippen LogP contribution in [0.15, 0.2) is 66.7 Å². The Kier molecular flexibility index (Phi) is 8.53. The molecule has 2 fully saturated rings. The lowest BCUT2D eigenvalue weighted by molar-refractivity contribution is 0.161. The van der Waals surface area contributed by atoms with E-state index in [0.717, 1.165) is 92.2 Å². The smallest absolute Gasteiger partial charge is 0.318 e. The van der Waals surface area contributed by atoms with Crippen molar-refractivity contribution in [3.8, 4) is 11.8 Å². The van der Waals surface area contributed by atoms with Crippen LogP contribution in [0, 0.1) is 0 Å². The number of likely N-dealkylation sites (N-methyl/N-ethyl adjacent to an activating group) is 1. The fourth-order valence-electron chi connectivity index (χ4n) is 6.92. The number of likely N-dealkylation sites (tertiary alicyclic amines) is 1. The molecule has 8 nitrogen and oxygen atoms in total. The average Bonchev–Trinajstić information content (AvgIpc) is 3.35. The molecule has 0 bridgehead atoms. The van der Waals surface area contributed by atoms with Crippen molar-refractivity contribution in [3.63, 3.8) is 0 Å². The molecule has 2 saturated heterocycles. The summed E-state index contributed by atoms with van der Waals surface area (Å²) in [5.41, 5.74) is 4.55. The Morgan fingerprint density at radius 2 is 1.68 bits per heavy atom. The summed E-state index contributed by atoms with van der Waals surface area (Å²) in [5.74, 6) is 1.85. The maximum atomic E-state index is 10.3. The second-order valence-electron chi connectivity index (χ2n) is 12.5. The molecule has 0 radical (unpaired) electrons. The van der Waals surface area contributed by atoms with Crippen molar-refractivity contribution < 1.29 is 14.6 Å². The summed E-state index contributed by atoms with van der Waals surface area (Å²) in [6.45, 7) is 5.46. The number of aromatic nitrogens is 2. The van der Waals surface area contributed by atoms with E-state index < -0.39 is 0 Å². The fraction of sp³-hybridized carbons (Fsp3) is 0.444. The highest BCUT2D eigenvalue weighted by molar-refractivity contribution is 5.95. The fourth-order valence-corrected chi connectivity index (χ4v) is 6.92. The highest BCUT2D eigenvalue weighted by Gasteiger charge is 2.29. The average molecular weight is 594 g/mol. The largest absolute Gasteiger partial charge is 0.489 e. The number of anilines is 2. The van der Waals surface area contributed by atoms with E-state index in [1.807, 2.05) is 18.2 Å². The van der Waals surface area contributed by atoms with Crippen LogP contribution >= 0.6 is 0 Å². The predicted molar refractivity (Wildman–Crippen MR) is 175 cm³/mol. The molecule has 0 aliphatic carbocycles. The first kappa shape index (κ1) is 28.9. The third kappa shape index (κ3) is 6.33. The Morgan fingerprint density at radius 3 is 2.55 bits per heavy atom. The van der Waals surface area contributed by atoms with Gasteiger partial charge in [-0.05, 0) is 69.1 Å². The van der Waals surface area contributed by atoms with Crippen LogP contribution in [0.25, 0.3) is 10.8 Å². The van der Waals surface area contributed by atoms with Gasteiger partial charge in [-0.25, -0.2) is 0 Å². The molecule has 0 amide bonds. The van der Waals surface area contributed by atoms with Crippen molar-refractivity contribution >= 4 is 22.3 Å². The van der Waals surface area contributed by atoms with Crippen LogP contribution in [0.4, 0.5) is 11.5 Å². The van der Waals surface area contributed by atoms with Crippen molar-refractivity contribution in [3.05, 3.63) is 83.6 Å². The first-order chi connectivity index (χ1) is 21.6. The molecule has 1 N–H and O–H groups in total. The van der Waals surface area contributed by atoms with E-state index in [4.69, 9.17) is 19.4 Å². The SMILES string of the molecule is CN1CCC[C@H]1COc1nc2c(c(N3CCCC(O)CC3)n1)CCN(c1cc(OCc3ccccc3)cc3ccccc13)C2. The topological polar surface area (TPSA) is 74.2 Å². The van der Waals surface area contributed by atoms with E-state index in [9.17, 15) is 5.11 Å². The van der Waals surface area contributed by atoms with Gasteiger partial charge >= 0.3 is 6.01 Å². The molecular weight excluding hydrogens is 550 g/mol. The predicted octanol–water partition coefficient (Wildman–Crippen LogP) is 5.60. The van der Waals surface area contributed by atoms with Crippen LogP contribution in [0.1, 0.15) is 48.9 Å². The molecule has 4 heterocycles. The van der Waals surface area contributed by atoms with Crippen LogP contribution in [-0.2, 0) is 19.6 Å². The molecule has 0 saturated carbocycles. The Balaban J connectivity index is 1.20. The Hall–Kier alpha value is -3.88. The van der Waals surface area contributed by atoms with Gasteiger partial charge in [-0.3, -0.25) is 0 Å². The van der Waals surface area contributed by atoms with E-state index in [1.54, 1.807) is 0 Å². The van der Waals surface area contributed by atoms with Gasteiger partial charge in [0.05, 0.1) is 18.3 Å². The molecule has 8 heteroatoms. The number of benzene rings is 3. The molecule has 1 aromatic heterocycles. The zero-order chi connectivity index (χ0) is 29.9. The summed E-state index contributed by atoms with van der Waals surface area (Å²) in [7, 11) is 2.17. The van der Waals surface area contributed by atoms with Crippen LogP contribution in [0.3, 0.4) is 0 Å². The van der Waals surface area contributed by atoms with Gasteiger partial charge in [0, 0.05) is 48.4 Å². The minimum atomic E-state index is -0.244. The zero-order valence-electron chi connectivity index (χ0n) is 25.7. The molecule has 3 aliphatic heterocycles.